The van der Waals surface area contributed by atoms with Crippen molar-refractivity contribution in [1.29, 1.82) is 0 Å². The minimum Gasteiger partial charge on any atom is -0.447 e. The van der Waals surface area contributed by atoms with Crippen molar-refractivity contribution in [3.63, 3.8) is 0 Å². The number of carbonyl (C=O) groups excluding carboxylic acids is 1. The molecule has 0 rings (SSSR count). The Kier molecular flexibility index (Phi) is 14.5. The average molecular weight is 298 g/mol. The summed E-state index contributed by atoms with van der Waals surface area (Å²) in [6.07, 6.45) is 2.73. The molecular weight excluding hydrogens is 278 g/mol. The van der Waals surface area contributed by atoms with Crippen LogP contribution in [0.25, 0.3) is 0 Å². The molecule has 0 aromatic carbocycles. The highest BCUT2D eigenvalue weighted by Crippen LogP contribution is 1.83. The highest BCUT2D eigenvalue weighted by Gasteiger charge is 2.00. The van der Waals surface area contributed by atoms with E-state index in [9.17, 15) is 4.79 Å². The van der Waals surface area contributed by atoms with Gasteiger partial charge in [0.1, 0.15) is 6.61 Å². The molecule has 0 aliphatic carbocycles. The van der Waals surface area contributed by atoms with Crippen LogP contribution in [0.3, 0.4) is 0 Å². The summed E-state index contributed by atoms with van der Waals surface area (Å²) in [5.74, 6) is 0. The van der Waals surface area contributed by atoms with Crippen molar-refractivity contribution in [3.8, 4) is 0 Å². The molecule has 0 bridgehead atoms. The van der Waals surface area contributed by atoms with Crippen molar-refractivity contribution in [2.75, 3.05) is 52.8 Å². The molecule has 0 unspecified atom stereocenters. The maximum atomic E-state index is 11.1. The zero-order valence-electron chi connectivity index (χ0n) is 10.7. The largest absolute Gasteiger partial charge is 0.447 e. The van der Waals surface area contributed by atoms with Gasteiger partial charge < -0.3 is 24.6 Å². The predicted octanol–water partition coefficient (Wildman–Crippen LogP) is 0.465. The van der Waals surface area contributed by atoms with Gasteiger partial charge in [0, 0.05) is 6.54 Å². The van der Waals surface area contributed by atoms with Gasteiger partial charge in [-0.15, -0.1) is 0 Å². The average Bonchev–Trinajstić information content (AvgIpc) is 2.41. The number of amides is 1. The topological polar surface area (TPSA) is 86.3 Å². The van der Waals surface area contributed by atoms with Crippen molar-refractivity contribution in [2.24, 2.45) is 0 Å². The van der Waals surface area contributed by atoms with Gasteiger partial charge in [-0.25, -0.2) is 4.79 Å². The molecule has 19 heavy (non-hydrogen) atoms. The zero-order valence-corrected chi connectivity index (χ0v) is 11.4. The number of hydrogen-bond donors (Lipinski definition) is 2. The number of halogens is 1. The molecule has 0 radical (unpaired) electrons. The van der Waals surface area contributed by atoms with Gasteiger partial charge in [-0.05, 0) is 0 Å². The van der Waals surface area contributed by atoms with Crippen LogP contribution in [-0.4, -0.2) is 64.0 Å². The minimum atomic E-state index is -0.522. The van der Waals surface area contributed by atoms with E-state index >= 15 is 0 Å². The summed E-state index contributed by atoms with van der Waals surface area (Å²) >= 11 is 4.98. The molecule has 8 heteroatoms. The summed E-state index contributed by atoms with van der Waals surface area (Å²) in [7, 11) is 0. The van der Waals surface area contributed by atoms with Gasteiger partial charge in [0.2, 0.25) is 0 Å². The molecule has 0 spiro atoms. The normalized spacial score (nSPS) is 10.8. The van der Waals surface area contributed by atoms with Crippen LogP contribution < -0.4 is 5.32 Å². The highest BCUT2D eigenvalue weighted by atomic mass is 35.5. The number of aliphatic hydroxyl groups excluding tert-OH is 1. The van der Waals surface area contributed by atoms with E-state index in [1.807, 2.05) is 0 Å². The number of alkyl carbamates (subject to hydrolysis) is 1. The number of ether oxygens (including phenoxy) is 3. The predicted molar refractivity (Wildman–Crippen MR) is 69.0 cm³/mol. The summed E-state index contributed by atoms with van der Waals surface area (Å²) in [5, 5.41) is 11.0. The molecule has 7 nitrogen and oxygen atoms in total. The summed E-state index contributed by atoms with van der Waals surface area (Å²) in [6, 6.07) is 0. The highest BCUT2D eigenvalue weighted by molar-refractivity contribution is 6.07. The van der Waals surface area contributed by atoms with Gasteiger partial charge in [-0.2, -0.15) is 0 Å². The van der Waals surface area contributed by atoms with E-state index in [1.54, 1.807) is 12.2 Å². The third kappa shape index (κ3) is 15.1. The molecule has 0 aliphatic heterocycles. The van der Waals surface area contributed by atoms with Crippen LogP contribution in [0, 0.1) is 0 Å². The first-order chi connectivity index (χ1) is 9.31. The lowest BCUT2D eigenvalue weighted by Gasteiger charge is -2.07. The van der Waals surface area contributed by atoms with Gasteiger partial charge >= 0.3 is 6.09 Å². The summed E-state index contributed by atoms with van der Waals surface area (Å²) in [4.78, 5) is 11.1. The van der Waals surface area contributed by atoms with Crippen molar-refractivity contribution in [2.45, 2.75) is 0 Å². The Morgan fingerprint density at radius 3 is 2.63 bits per heavy atom. The second-order valence-electron chi connectivity index (χ2n) is 3.22. The second kappa shape index (κ2) is 15.2. The quantitative estimate of drug-likeness (QED) is 0.402. The number of rotatable bonds is 12. The minimum absolute atomic E-state index is 0.0125. The Balaban J connectivity index is 3.19. The Hall–Kier alpha value is -0.860. The fraction of sp³-hybridized carbons (Fsp3) is 0.727. The van der Waals surface area contributed by atoms with Gasteiger partial charge in [-0.3, -0.25) is 4.29 Å². The van der Waals surface area contributed by atoms with Gasteiger partial charge in [-0.1, -0.05) is 12.2 Å². The monoisotopic (exact) mass is 297 g/mol. The zero-order chi connectivity index (χ0) is 14.2. The standard InChI is InChI=1S/C11H20ClNO6/c12-19-10-8-17-6-3-13-11(15)18-9-7-16-5-2-1-4-14/h1-2,14H,3-10H2,(H,13,15)/b2-1-. The Morgan fingerprint density at radius 2 is 1.89 bits per heavy atom. The van der Waals surface area contributed by atoms with Crippen LogP contribution in [0.2, 0.25) is 0 Å². The fourth-order valence-corrected chi connectivity index (χ4v) is 1.02. The van der Waals surface area contributed by atoms with Gasteiger partial charge in [0.25, 0.3) is 0 Å². The first-order valence-corrected chi connectivity index (χ1v) is 6.17. The van der Waals surface area contributed by atoms with Crippen LogP contribution in [0.1, 0.15) is 0 Å². The SMILES string of the molecule is O=C(NCCOCCOCl)OCCOC/C=C\CO. The summed E-state index contributed by atoms with van der Waals surface area (Å²) in [6.45, 7) is 2.21. The molecule has 0 fully saturated rings. The van der Waals surface area contributed by atoms with E-state index in [0.717, 1.165) is 0 Å². The number of nitrogens with one attached hydrogen (secondary N) is 1. The van der Waals surface area contributed by atoms with Crippen LogP contribution in [0.5, 0.6) is 0 Å². The molecule has 0 atom stereocenters. The Labute approximate surface area is 117 Å². The smallest absolute Gasteiger partial charge is 0.407 e. The third-order valence-electron chi connectivity index (χ3n) is 1.77. The fourth-order valence-electron chi connectivity index (χ4n) is 0.956. The maximum absolute atomic E-state index is 11.1. The van der Waals surface area contributed by atoms with E-state index < -0.39 is 6.09 Å². The van der Waals surface area contributed by atoms with Crippen molar-refractivity contribution in [3.05, 3.63) is 12.2 Å². The molecule has 0 aliphatic rings. The second-order valence-corrected chi connectivity index (χ2v) is 3.44. The molecule has 0 aromatic rings. The van der Waals surface area contributed by atoms with E-state index in [4.69, 9.17) is 31.2 Å². The van der Waals surface area contributed by atoms with Gasteiger partial charge in [0.05, 0.1) is 51.5 Å². The molecule has 1 amide bonds. The number of aliphatic hydroxyl groups is 1. The molecule has 0 aromatic heterocycles. The van der Waals surface area contributed by atoms with Gasteiger partial charge in [0.15, 0.2) is 0 Å². The number of carbonyl (C=O) groups is 1. The van der Waals surface area contributed by atoms with Crippen LogP contribution in [0.15, 0.2) is 12.2 Å². The molecular formula is C11H20ClNO6. The van der Waals surface area contributed by atoms with Crippen molar-refractivity contribution >= 4 is 18.0 Å². The van der Waals surface area contributed by atoms with E-state index in [2.05, 4.69) is 9.61 Å². The first kappa shape index (κ1) is 18.1. The third-order valence-corrected chi connectivity index (χ3v) is 1.92. The molecule has 112 valence electrons. The van der Waals surface area contributed by atoms with E-state index in [-0.39, 0.29) is 13.2 Å². The van der Waals surface area contributed by atoms with Crippen LogP contribution in [0.4, 0.5) is 4.79 Å². The maximum Gasteiger partial charge on any atom is 0.407 e. The molecule has 0 saturated carbocycles. The van der Waals surface area contributed by atoms with E-state index in [0.29, 0.717) is 39.6 Å². The molecule has 2 N–H and O–H groups in total. The Morgan fingerprint density at radius 1 is 1.11 bits per heavy atom. The molecule has 0 heterocycles. The Bertz CT molecular complexity index is 239. The van der Waals surface area contributed by atoms with Crippen molar-refractivity contribution < 1.29 is 28.4 Å². The summed E-state index contributed by atoms with van der Waals surface area (Å²) < 4.78 is 19.3. The van der Waals surface area contributed by atoms with Crippen LogP contribution in [-0.2, 0) is 18.5 Å². The lowest BCUT2D eigenvalue weighted by molar-refractivity contribution is 0.0794. The summed E-state index contributed by atoms with van der Waals surface area (Å²) in [5.41, 5.74) is 0. The lowest BCUT2D eigenvalue weighted by atomic mass is 10.5. The van der Waals surface area contributed by atoms with Crippen molar-refractivity contribution in [1.82, 2.24) is 5.32 Å². The lowest BCUT2D eigenvalue weighted by Crippen LogP contribution is -2.29. The first-order valence-electron chi connectivity index (χ1n) is 5.86. The molecule has 0 saturated heterocycles. The van der Waals surface area contributed by atoms with E-state index in [1.165, 1.54) is 0 Å². The number of hydrogen-bond acceptors (Lipinski definition) is 6. The van der Waals surface area contributed by atoms with Crippen LogP contribution >= 0.6 is 11.9 Å².